The highest BCUT2D eigenvalue weighted by Gasteiger charge is 2.04. The van der Waals surface area contributed by atoms with Crippen molar-refractivity contribution in [1.82, 2.24) is 0 Å². The van der Waals surface area contributed by atoms with Gasteiger partial charge in [0.1, 0.15) is 0 Å². The maximum Gasteiger partial charge on any atom is 0.0728 e. The molecule has 0 amide bonds. The van der Waals surface area contributed by atoms with Crippen molar-refractivity contribution in [2.75, 3.05) is 0 Å². The van der Waals surface area contributed by atoms with E-state index in [-0.39, 0.29) is 0 Å². The first-order valence-electron chi connectivity index (χ1n) is 3.32. The van der Waals surface area contributed by atoms with Crippen LogP contribution in [0.25, 0.3) is 0 Å². The quantitative estimate of drug-likeness (QED) is 0.664. The Kier molecular flexibility index (Phi) is 3.11. The number of rotatable bonds is 1. The lowest BCUT2D eigenvalue weighted by atomic mass is 10.2. The third kappa shape index (κ3) is 1.84. The van der Waals surface area contributed by atoms with Gasteiger partial charge in [-0.1, -0.05) is 36.2 Å². The number of halogens is 2. The lowest BCUT2D eigenvalue weighted by Gasteiger charge is -2.04. The van der Waals surface area contributed by atoms with E-state index in [2.05, 4.69) is 19.6 Å². The van der Waals surface area contributed by atoms with Crippen molar-refractivity contribution in [2.24, 2.45) is 0 Å². The molecule has 3 heteroatoms. The van der Waals surface area contributed by atoms with E-state index < -0.39 is 0 Å². The van der Waals surface area contributed by atoms with Crippen molar-refractivity contribution in [3.05, 3.63) is 27.7 Å². The summed E-state index contributed by atoms with van der Waals surface area (Å²) in [5.41, 5.74) is 1.13. The molecule has 0 spiro atoms. The van der Waals surface area contributed by atoms with Gasteiger partial charge < -0.3 is 0 Å². The van der Waals surface area contributed by atoms with Crippen molar-refractivity contribution in [3.63, 3.8) is 0 Å². The minimum atomic E-state index is 0.550. The number of hydrogen-bond acceptors (Lipinski definition) is 1. The molecule has 0 aliphatic rings. The van der Waals surface area contributed by atoms with Crippen LogP contribution in [-0.4, -0.2) is 0 Å². The second kappa shape index (κ2) is 3.70. The summed E-state index contributed by atoms with van der Waals surface area (Å²) in [6.07, 6.45) is 0.926. The zero-order valence-corrected chi connectivity index (χ0v) is 8.47. The van der Waals surface area contributed by atoms with E-state index in [1.165, 1.54) is 0 Å². The maximum atomic E-state index is 5.85. The Morgan fingerprint density at radius 1 is 1.36 bits per heavy atom. The van der Waals surface area contributed by atoms with Gasteiger partial charge in [0.15, 0.2) is 0 Å². The highest BCUT2D eigenvalue weighted by Crippen LogP contribution is 2.31. The lowest BCUT2D eigenvalue weighted by Crippen LogP contribution is -1.83. The average molecular weight is 207 g/mol. The van der Waals surface area contributed by atoms with Crippen molar-refractivity contribution in [2.45, 2.75) is 18.2 Å². The van der Waals surface area contributed by atoms with Gasteiger partial charge in [0, 0.05) is 4.90 Å². The van der Waals surface area contributed by atoms with Crippen LogP contribution in [0.2, 0.25) is 10.0 Å². The smallest absolute Gasteiger partial charge is 0.0728 e. The van der Waals surface area contributed by atoms with E-state index >= 15 is 0 Å². The monoisotopic (exact) mass is 206 g/mol. The molecule has 0 radical (unpaired) electrons. The van der Waals surface area contributed by atoms with Gasteiger partial charge in [-0.2, -0.15) is 0 Å². The Morgan fingerprint density at radius 3 is 2.55 bits per heavy atom. The SMILES string of the molecule is CCc1ccc(Cl)c(Cl)c1S. The molecule has 1 rings (SSSR count). The molecule has 0 nitrogen and oxygen atoms in total. The molecular weight excluding hydrogens is 199 g/mol. The van der Waals surface area contributed by atoms with Gasteiger partial charge in [-0.3, -0.25) is 0 Å². The van der Waals surface area contributed by atoms with Gasteiger partial charge in [0.25, 0.3) is 0 Å². The Bertz CT molecular complexity index is 271. The van der Waals surface area contributed by atoms with Gasteiger partial charge in [0.2, 0.25) is 0 Å². The van der Waals surface area contributed by atoms with E-state index in [4.69, 9.17) is 23.2 Å². The molecule has 0 N–H and O–H groups in total. The predicted octanol–water partition coefficient (Wildman–Crippen LogP) is 3.84. The fraction of sp³-hybridized carbons (Fsp3) is 0.250. The molecule has 11 heavy (non-hydrogen) atoms. The third-order valence-corrected chi connectivity index (χ3v) is 2.98. The highest BCUT2D eigenvalue weighted by molar-refractivity contribution is 7.80. The minimum absolute atomic E-state index is 0.550. The first-order valence-corrected chi connectivity index (χ1v) is 4.53. The largest absolute Gasteiger partial charge is 0.142 e. The first-order chi connectivity index (χ1) is 5.16. The molecule has 0 saturated carbocycles. The second-order valence-electron chi connectivity index (χ2n) is 2.22. The molecule has 0 fully saturated rings. The fourth-order valence-corrected chi connectivity index (χ4v) is 1.63. The zero-order chi connectivity index (χ0) is 8.43. The fourth-order valence-electron chi connectivity index (χ4n) is 0.865. The summed E-state index contributed by atoms with van der Waals surface area (Å²) in [6.45, 7) is 2.05. The summed E-state index contributed by atoms with van der Waals surface area (Å²) >= 11 is 15.9. The molecule has 0 atom stereocenters. The van der Waals surface area contributed by atoms with Gasteiger partial charge in [-0.25, -0.2) is 0 Å². The molecule has 0 heterocycles. The number of aryl methyl sites for hydroxylation is 1. The molecule has 0 bridgehead atoms. The van der Waals surface area contributed by atoms with E-state index in [1.54, 1.807) is 6.07 Å². The molecule has 1 aromatic carbocycles. The minimum Gasteiger partial charge on any atom is -0.142 e. The molecule has 0 aliphatic heterocycles. The van der Waals surface area contributed by atoms with Gasteiger partial charge in [-0.15, -0.1) is 12.6 Å². The Balaban J connectivity index is 3.25. The first kappa shape index (κ1) is 9.24. The average Bonchev–Trinajstić information content (AvgIpc) is 2.01. The molecule has 60 valence electrons. The van der Waals surface area contributed by atoms with Crippen molar-refractivity contribution in [1.29, 1.82) is 0 Å². The molecule has 1 aromatic rings. The standard InChI is InChI=1S/C8H8Cl2S/c1-2-5-3-4-6(9)7(10)8(5)11/h3-4,11H,2H2,1H3. The van der Waals surface area contributed by atoms with Gasteiger partial charge >= 0.3 is 0 Å². The second-order valence-corrected chi connectivity index (χ2v) is 3.46. The number of hydrogen-bond donors (Lipinski definition) is 1. The van der Waals surface area contributed by atoms with Crippen LogP contribution in [0, 0.1) is 0 Å². The Hall–Kier alpha value is 0.150. The third-order valence-electron chi connectivity index (χ3n) is 1.53. The Labute approximate surface area is 81.9 Å². The summed E-state index contributed by atoms with van der Waals surface area (Å²) in [5.74, 6) is 0. The van der Waals surface area contributed by atoms with Crippen LogP contribution in [0.5, 0.6) is 0 Å². The maximum absolute atomic E-state index is 5.85. The molecule has 0 saturated heterocycles. The molecular formula is C8H8Cl2S. The van der Waals surface area contributed by atoms with E-state index in [0.29, 0.717) is 10.0 Å². The van der Waals surface area contributed by atoms with Crippen LogP contribution in [0.1, 0.15) is 12.5 Å². The molecule has 0 aliphatic carbocycles. The molecule has 0 aromatic heterocycles. The van der Waals surface area contributed by atoms with E-state index in [0.717, 1.165) is 16.9 Å². The van der Waals surface area contributed by atoms with Gasteiger partial charge in [0.05, 0.1) is 10.0 Å². The predicted molar refractivity (Wildman–Crippen MR) is 53.1 cm³/mol. The van der Waals surface area contributed by atoms with Gasteiger partial charge in [-0.05, 0) is 18.1 Å². The van der Waals surface area contributed by atoms with Crippen molar-refractivity contribution in [3.8, 4) is 0 Å². The highest BCUT2D eigenvalue weighted by atomic mass is 35.5. The number of benzene rings is 1. The van der Waals surface area contributed by atoms with Crippen molar-refractivity contribution < 1.29 is 0 Å². The van der Waals surface area contributed by atoms with Crippen LogP contribution in [-0.2, 0) is 6.42 Å². The van der Waals surface area contributed by atoms with Crippen molar-refractivity contribution >= 4 is 35.8 Å². The normalized spacial score (nSPS) is 10.2. The summed E-state index contributed by atoms with van der Waals surface area (Å²) in [4.78, 5) is 0.793. The van der Waals surface area contributed by atoms with Crippen LogP contribution in [0.3, 0.4) is 0 Å². The Morgan fingerprint density at radius 2 is 2.00 bits per heavy atom. The topological polar surface area (TPSA) is 0 Å². The lowest BCUT2D eigenvalue weighted by molar-refractivity contribution is 1.09. The van der Waals surface area contributed by atoms with Crippen LogP contribution in [0.4, 0.5) is 0 Å². The summed E-state index contributed by atoms with van der Waals surface area (Å²) < 4.78 is 0. The van der Waals surface area contributed by atoms with Crippen LogP contribution >= 0.6 is 35.8 Å². The van der Waals surface area contributed by atoms with Crippen LogP contribution in [0.15, 0.2) is 17.0 Å². The molecule has 0 unspecified atom stereocenters. The van der Waals surface area contributed by atoms with Crippen LogP contribution < -0.4 is 0 Å². The van der Waals surface area contributed by atoms with E-state index in [1.807, 2.05) is 6.07 Å². The summed E-state index contributed by atoms with van der Waals surface area (Å²) in [6, 6.07) is 3.74. The summed E-state index contributed by atoms with van der Waals surface area (Å²) in [7, 11) is 0. The zero-order valence-electron chi connectivity index (χ0n) is 6.06. The summed E-state index contributed by atoms with van der Waals surface area (Å²) in [5, 5.41) is 1.11. The number of thiol groups is 1. The van der Waals surface area contributed by atoms with E-state index in [9.17, 15) is 0 Å².